The average Bonchev–Trinajstić information content (AvgIpc) is 2.87. The molecule has 9 atom stereocenters. The van der Waals surface area contributed by atoms with Crippen LogP contribution in [0.1, 0.15) is 58.3 Å². The molecular formula is C29H38O6. The second-order valence-corrected chi connectivity index (χ2v) is 10.7. The summed E-state index contributed by atoms with van der Waals surface area (Å²) in [5.41, 5.74) is 2.04. The van der Waals surface area contributed by atoms with Crippen LogP contribution in [0.15, 0.2) is 60.7 Å². The summed E-state index contributed by atoms with van der Waals surface area (Å²) in [6, 6.07) is 20.2. The molecule has 2 aromatic carbocycles. The van der Waals surface area contributed by atoms with E-state index in [1.54, 1.807) is 0 Å². The molecule has 0 aliphatic carbocycles. The predicted octanol–water partition coefficient (Wildman–Crippen LogP) is 5.64. The summed E-state index contributed by atoms with van der Waals surface area (Å²) in [6.45, 7) is 11.7. The van der Waals surface area contributed by atoms with Gasteiger partial charge in [0.25, 0.3) is 0 Å². The quantitative estimate of drug-likeness (QED) is 0.562. The van der Waals surface area contributed by atoms with Gasteiger partial charge in [-0.05, 0) is 13.8 Å². The summed E-state index contributed by atoms with van der Waals surface area (Å²) in [5, 5.41) is 0. The van der Waals surface area contributed by atoms with Crippen LogP contribution in [0, 0.1) is 17.8 Å². The van der Waals surface area contributed by atoms with E-state index in [-0.39, 0.29) is 42.2 Å². The first-order valence-electron chi connectivity index (χ1n) is 12.8. The third kappa shape index (κ3) is 5.33. The monoisotopic (exact) mass is 482 g/mol. The van der Waals surface area contributed by atoms with E-state index in [0.717, 1.165) is 11.1 Å². The molecule has 0 saturated carbocycles. The molecule has 190 valence electrons. The molecule has 0 radical (unpaired) electrons. The minimum absolute atomic E-state index is 0.0481. The summed E-state index contributed by atoms with van der Waals surface area (Å²) in [5.74, 6) is -0.356. The van der Waals surface area contributed by atoms with Gasteiger partial charge < -0.3 is 28.4 Å². The zero-order chi connectivity index (χ0) is 24.6. The molecule has 6 nitrogen and oxygen atoms in total. The maximum atomic E-state index is 6.57. The molecule has 0 spiro atoms. The van der Waals surface area contributed by atoms with Gasteiger partial charge in [-0.3, -0.25) is 0 Å². The lowest BCUT2D eigenvalue weighted by atomic mass is 9.81. The van der Waals surface area contributed by atoms with Gasteiger partial charge in [0.05, 0.1) is 37.6 Å². The molecule has 2 aromatic rings. The van der Waals surface area contributed by atoms with Gasteiger partial charge >= 0.3 is 0 Å². The Balaban J connectivity index is 1.38. The third-order valence-corrected chi connectivity index (χ3v) is 7.37. The molecule has 0 amide bonds. The highest BCUT2D eigenvalue weighted by Crippen LogP contribution is 2.43. The van der Waals surface area contributed by atoms with Gasteiger partial charge in [-0.25, -0.2) is 0 Å². The minimum Gasteiger partial charge on any atom is -0.348 e. The van der Waals surface area contributed by atoms with Crippen molar-refractivity contribution in [2.75, 3.05) is 13.2 Å². The van der Waals surface area contributed by atoms with Gasteiger partial charge in [0.2, 0.25) is 0 Å². The Bertz CT molecular complexity index is 875. The third-order valence-electron chi connectivity index (χ3n) is 7.37. The Kier molecular flexibility index (Phi) is 7.31. The van der Waals surface area contributed by atoms with Crippen molar-refractivity contribution >= 4 is 0 Å². The van der Waals surface area contributed by atoms with Crippen molar-refractivity contribution in [1.82, 2.24) is 0 Å². The van der Waals surface area contributed by atoms with Gasteiger partial charge in [0, 0.05) is 28.9 Å². The smallest absolute Gasteiger partial charge is 0.184 e. The first-order chi connectivity index (χ1) is 16.8. The Hall–Kier alpha value is -1.80. The maximum Gasteiger partial charge on any atom is 0.184 e. The fourth-order valence-corrected chi connectivity index (χ4v) is 5.49. The van der Waals surface area contributed by atoms with Gasteiger partial charge in [-0.2, -0.15) is 0 Å². The molecule has 0 N–H and O–H groups in total. The zero-order valence-corrected chi connectivity index (χ0v) is 21.3. The fraction of sp³-hybridized carbons (Fsp3) is 0.586. The Labute approximate surface area is 208 Å². The highest BCUT2D eigenvalue weighted by atomic mass is 16.8. The molecule has 0 bridgehead atoms. The largest absolute Gasteiger partial charge is 0.348 e. The standard InChI is InChI=1S/C29H38O6/c1-18-16-30-27(21-12-8-6-9-13-21)32-23(18)25-20(3)26(35-29(4,5)34-25)24-19(2)17-31-28(33-24)22-14-10-7-11-15-22/h6-15,18-20,23-28H,16-17H2,1-5H3/t18-,19+,20?,23-,24+,25-,26+,27-,28+. The predicted molar refractivity (Wildman–Crippen MR) is 131 cm³/mol. The lowest BCUT2D eigenvalue weighted by molar-refractivity contribution is -0.382. The van der Waals surface area contributed by atoms with Crippen LogP contribution < -0.4 is 0 Å². The van der Waals surface area contributed by atoms with Crippen LogP contribution in [0.2, 0.25) is 0 Å². The van der Waals surface area contributed by atoms with E-state index in [0.29, 0.717) is 13.2 Å². The molecule has 3 fully saturated rings. The second kappa shape index (κ2) is 10.3. The molecule has 3 saturated heterocycles. The first kappa shape index (κ1) is 24.9. The summed E-state index contributed by atoms with van der Waals surface area (Å²) in [4.78, 5) is 0. The van der Waals surface area contributed by atoms with E-state index >= 15 is 0 Å². The fourth-order valence-electron chi connectivity index (χ4n) is 5.49. The summed E-state index contributed by atoms with van der Waals surface area (Å²) < 4.78 is 38.4. The maximum absolute atomic E-state index is 6.57. The van der Waals surface area contributed by atoms with Crippen LogP contribution in [0.5, 0.6) is 0 Å². The van der Waals surface area contributed by atoms with Crippen LogP contribution in [-0.2, 0) is 28.4 Å². The number of ether oxygens (including phenoxy) is 6. The summed E-state index contributed by atoms with van der Waals surface area (Å²) in [7, 11) is 0. The summed E-state index contributed by atoms with van der Waals surface area (Å²) in [6.07, 6.45) is -1.40. The molecule has 5 rings (SSSR count). The number of rotatable bonds is 4. The van der Waals surface area contributed by atoms with Crippen molar-refractivity contribution in [1.29, 1.82) is 0 Å². The lowest BCUT2D eigenvalue weighted by Gasteiger charge is -2.53. The van der Waals surface area contributed by atoms with Crippen LogP contribution in [0.25, 0.3) is 0 Å². The van der Waals surface area contributed by atoms with E-state index in [9.17, 15) is 0 Å². The first-order valence-corrected chi connectivity index (χ1v) is 12.8. The SMILES string of the molecule is CC1[C@H]([C@@H]2O[C@H](c3ccccc3)OC[C@H]2C)OC(C)(C)O[C@@H]1[C@H]1O[C@@H](c2ccccc2)OC[C@@H]1C. The van der Waals surface area contributed by atoms with Gasteiger partial charge in [0.1, 0.15) is 0 Å². The normalized spacial score (nSPS) is 39.7. The van der Waals surface area contributed by atoms with Crippen LogP contribution in [-0.4, -0.2) is 43.4 Å². The van der Waals surface area contributed by atoms with E-state index < -0.39 is 18.4 Å². The van der Waals surface area contributed by atoms with Crippen molar-refractivity contribution in [3.63, 3.8) is 0 Å². The molecule has 35 heavy (non-hydrogen) atoms. The Morgan fingerprint density at radius 2 is 1.00 bits per heavy atom. The molecule has 3 aliphatic heterocycles. The van der Waals surface area contributed by atoms with E-state index in [2.05, 4.69) is 20.8 Å². The van der Waals surface area contributed by atoms with Crippen LogP contribution >= 0.6 is 0 Å². The van der Waals surface area contributed by atoms with E-state index in [1.807, 2.05) is 74.5 Å². The van der Waals surface area contributed by atoms with Crippen molar-refractivity contribution in [3.8, 4) is 0 Å². The molecular weight excluding hydrogens is 444 g/mol. The van der Waals surface area contributed by atoms with E-state index in [4.69, 9.17) is 28.4 Å². The van der Waals surface area contributed by atoms with E-state index in [1.165, 1.54) is 0 Å². The van der Waals surface area contributed by atoms with Gasteiger partial charge in [-0.15, -0.1) is 0 Å². The average molecular weight is 483 g/mol. The van der Waals surface area contributed by atoms with Crippen molar-refractivity contribution < 1.29 is 28.4 Å². The highest BCUT2D eigenvalue weighted by Gasteiger charge is 2.52. The second-order valence-electron chi connectivity index (χ2n) is 10.7. The van der Waals surface area contributed by atoms with Gasteiger partial charge in [0.15, 0.2) is 18.4 Å². The van der Waals surface area contributed by atoms with Crippen LogP contribution in [0.3, 0.4) is 0 Å². The lowest BCUT2D eigenvalue weighted by Crippen LogP contribution is -2.61. The topological polar surface area (TPSA) is 55.4 Å². The number of hydrogen-bond donors (Lipinski definition) is 0. The number of hydrogen-bond acceptors (Lipinski definition) is 6. The van der Waals surface area contributed by atoms with Gasteiger partial charge in [-0.1, -0.05) is 81.4 Å². The molecule has 3 aliphatic rings. The van der Waals surface area contributed by atoms with Crippen LogP contribution in [0.4, 0.5) is 0 Å². The Morgan fingerprint density at radius 3 is 1.40 bits per heavy atom. The Morgan fingerprint density at radius 1 is 0.600 bits per heavy atom. The molecule has 0 aromatic heterocycles. The number of benzene rings is 2. The van der Waals surface area contributed by atoms with Crippen molar-refractivity contribution in [2.45, 2.75) is 77.4 Å². The zero-order valence-electron chi connectivity index (χ0n) is 21.3. The highest BCUT2D eigenvalue weighted by molar-refractivity contribution is 5.17. The summed E-state index contributed by atoms with van der Waals surface area (Å²) >= 11 is 0. The molecule has 1 unspecified atom stereocenters. The molecule has 3 heterocycles. The minimum atomic E-state index is -0.769. The van der Waals surface area contributed by atoms with Crippen molar-refractivity contribution in [2.24, 2.45) is 17.8 Å². The van der Waals surface area contributed by atoms with Crippen molar-refractivity contribution in [3.05, 3.63) is 71.8 Å². The molecule has 6 heteroatoms.